The van der Waals surface area contributed by atoms with E-state index in [0.717, 1.165) is 43.1 Å². The molecule has 2 aliphatic heterocycles. The predicted molar refractivity (Wildman–Crippen MR) is 143 cm³/mol. The van der Waals surface area contributed by atoms with E-state index in [0.29, 0.717) is 34.1 Å². The van der Waals surface area contributed by atoms with Gasteiger partial charge < -0.3 is 18.9 Å². The molecule has 0 fully saturated rings. The molecular weight excluding hydrogens is 480 g/mol. The standard InChI is InChI=1S/C32H20O6/c1-35-21-9-3-17(4-10-21)27-23-13-7-19-16-26-20(15-25(19)29(23)37-31(27)33)8-14-24-28(32(34)38-30(24)26)18-5-11-22(36-2)12-6-18/h3-16H,1-2H3. The highest BCUT2D eigenvalue weighted by Gasteiger charge is 2.28. The number of ether oxygens (including phenoxy) is 4. The smallest absolute Gasteiger partial charge is 0.344 e. The van der Waals surface area contributed by atoms with E-state index in [9.17, 15) is 9.59 Å². The molecule has 0 saturated heterocycles. The Kier molecular flexibility index (Phi) is 4.78. The van der Waals surface area contributed by atoms with Crippen LogP contribution in [0.25, 0.3) is 32.7 Å². The zero-order valence-electron chi connectivity index (χ0n) is 20.5. The maximum absolute atomic E-state index is 12.9. The molecule has 6 heteroatoms. The lowest BCUT2D eigenvalue weighted by atomic mass is 9.97. The van der Waals surface area contributed by atoms with Gasteiger partial charge in [-0.2, -0.15) is 0 Å². The van der Waals surface area contributed by atoms with Crippen molar-refractivity contribution in [2.45, 2.75) is 0 Å². The van der Waals surface area contributed by atoms with Crippen molar-refractivity contribution >= 4 is 44.6 Å². The third-order valence-corrected chi connectivity index (χ3v) is 7.15. The summed E-state index contributed by atoms with van der Waals surface area (Å²) in [7, 11) is 3.21. The molecule has 0 spiro atoms. The molecule has 5 aromatic carbocycles. The number of benzene rings is 5. The number of hydrogen-bond donors (Lipinski definition) is 0. The number of carbonyl (C=O) groups excluding carboxylic acids is 2. The van der Waals surface area contributed by atoms with Gasteiger partial charge >= 0.3 is 11.9 Å². The fourth-order valence-corrected chi connectivity index (χ4v) is 5.27. The molecule has 6 nitrogen and oxygen atoms in total. The van der Waals surface area contributed by atoms with Crippen LogP contribution in [0.15, 0.2) is 84.9 Å². The maximum atomic E-state index is 12.9. The van der Waals surface area contributed by atoms with Crippen molar-refractivity contribution < 1.29 is 28.5 Å². The van der Waals surface area contributed by atoms with Crippen LogP contribution in [0.4, 0.5) is 0 Å². The summed E-state index contributed by atoms with van der Waals surface area (Å²) in [5.41, 5.74) is 2.57. The summed E-state index contributed by atoms with van der Waals surface area (Å²) >= 11 is 0. The van der Waals surface area contributed by atoms with Gasteiger partial charge in [0, 0.05) is 21.2 Å². The van der Waals surface area contributed by atoms with E-state index in [2.05, 4.69) is 0 Å². The van der Waals surface area contributed by atoms with Crippen molar-refractivity contribution in [3.05, 3.63) is 106 Å². The lowest BCUT2D eigenvalue weighted by molar-refractivity contribution is -0.128. The Bertz CT molecular complexity index is 1810. The number of fused-ring (bicyclic) bond motifs is 6. The molecule has 0 unspecified atom stereocenters. The number of carbonyl (C=O) groups is 2. The Morgan fingerprint density at radius 3 is 1.29 bits per heavy atom. The molecular formula is C32H20O6. The summed E-state index contributed by atoms with van der Waals surface area (Å²) in [4.78, 5) is 25.9. The predicted octanol–water partition coefficient (Wildman–Crippen LogP) is 4.25. The van der Waals surface area contributed by atoms with E-state index in [1.807, 2.05) is 84.9 Å². The second kappa shape index (κ2) is 8.21. The lowest BCUT2D eigenvalue weighted by Crippen LogP contribution is -2.07. The van der Waals surface area contributed by atoms with Crippen LogP contribution in [0.5, 0.6) is 23.0 Å². The van der Waals surface area contributed by atoms with Crippen molar-refractivity contribution in [2.75, 3.05) is 14.2 Å². The number of hydrogen-bond acceptors (Lipinski definition) is 6. The van der Waals surface area contributed by atoms with Crippen LogP contribution >= 0.6 is 0 Å². The topological polar surface area (TPSA) is 71.1 Å². The minimum atomic E-state index is -0.389. The monoisotopic (exact) mass is 500 g/mol. The molecule has 0 bridgehead atoms. The van der Waals surface area contributed by atoms with Crippen molar-refractivity contribution in [2.24, 2.45) is 0 Å². The van der Waals surface area contributed by atoms with Gasteiger partial charge in [0.15, 0.2) is 0 Å². The summed E-state index contributed by atoms with van der Waals surface area (Å²) in [6.45, 7) is 0. The van der Waals surface area contributed by atoms with Crippen LogP contribution in [-0.2, 0) is 9.59 Å². The molecule has 2 aliphatic rings. The molecule has 38 heavy (non-hydrogen) atoms. The zero-order chi connectivity index (χ0) is 26.0. The van der Waals surface area contributed by atoms with Gasteiger partial charge in [-0.1, -0.05) is 36.4 Å². The van der Waals surface area contributed by atoms with Crippen LogP contribution in [0.1, 0.15) is 11.1 Å². The third-order valence-electron chi connectivity index (χ3n) is 7.15. The first-order chi connectivity index (χ1) is 18.6. The first-order valence-corrected chi connectivity index (χ1v) is 12.1. The Morgan fingerprint density at radius 1 is 0.526 bits per heavy atom. The largest absolute Gasteiger partial charge is 0.497 e. The van der Waals surface area contributed by atoms with Gasteiger partial charge in [0.25, 0.3) is 0 Å². The molecule has 0 aromatic heterocycles. The fourth-order valence-electron chi connectivity index (χ4n) is 5.27. The Morgan fingerprint density at radius 2 is 0.921 bits per heavy atom. The summed E-state index contributed by atoms with van der Waals surface area (Å²) < 4.78 is 22.1. The molecule has 0 N–H and O–H groups in total. The van der Waals surface area contributed by atoms with Crippen LogP contribution in [0.2, 0.25) is 0 Å². The van der Waals surface area contributed by atoms with E-state index in [1.54, 1.807) is 14.2 Å². The average molecular weight is 501 g/mol. The van der Waals surface area contributed by atoms with Crippen molar-refractivity contribution in [1.29, 1.82) is 0 Å². The normalized spacial score (nSPS) is 13.9. The molecule has 5 aromatic rings. The van der Waals surface area contributed by atoms with E-state index < -0.39 is 0 Å². The van der Waals surface area contributed by atoms with Crippen LogP contribution in [0.3, 0.4) is 0 Å². The first kappa shape index (κ1) is 22.1. The highest BCUT2D eigenvalue weighted by Crippen LogP contribution is 2.36. The summed E-state index contributed by atoms with van der Waals surface area (Å²) in [6.07, 6.45) is 0. The van der Waals surface area contributed by atoms with Gasteiger partial charge in [-0.25, -0.2) is 9.59 Å². The summed E-state index contributed by atoms with van der Waals surface area (Å²) in [6, 6.07) is 26.4. The average Bonchev–Trinajstić information content (AvgIpc) is 3.48. The minimum Gasteiger partial charge on any atom is -0.497 e. The second-order valence-electron chi connectivity index (χ2n) is 9.17. The Labute approximate surface area is 216 Å². The van der Waals surface area contributed by atoms with Crippen LogP contribution in [0, 0.1) is 0 Å². The van der Waals surface area contributed by atoms with Gasteiger partial charge in [-0.3, -0.25) is 0 Å². The molecule has 0 radical (unpaired) electrons. The number of esters is 2. The van der Waals surface area contributed by atoms with E-state index >= 15 is 0 Å². The zero-order valence-corrected chi connectivity index (χ0v) is 20.5. The van der Waals surface area contributed by atoms with Gasteiger partial charge in [0.05, 0.1) is 25.4 Å². The number of methoxy groups -OCH3 is 2. The molecule has 184 valence electrons. The van der Waals surface area contributed by atoms with Crippen LogP contribution < -0.4 is 29.4 Å². The third kappa shape index (κ3) is 3.20. The van der Waals surface area contributed by atoms with Gasteiger partial charge in [0.2, 0.25) is 0 Å². The molecule has 0 aliphatic carbocycles. The maximum Gasteiger partial charge on any atom is 0.344 e. The van der Waals surface area contributed by atoms with E-state index in [4.69, 9.17) is 18.9 Å². The minimum absolute atomic E-state index is 0.389. The molecule has 0 saturated carbocycles. The van der Waals surface area contributed by atoms with Crippen molar-refractivity contribution in [1.82, 2.24) is 0 Å². The summed E-state index contributed by atoms with van der Waals surface area (Å²) in [5.74, 6) is 1.71. The second-order valence-corrected chi connectivity index (χ2v) is 9.17. The molecule has 2 heterocycles. The molecule has 7 rings (SSSR count). The van der Waals surface area contributed by atoms with Crippen molar-refractivity contribution in [3.63, 3.8) is 0 Å². The fraction of sp³-hybridized carbons (Fsp3) is 0.0625. The van der Waals surface area contributed by atoms with Gasteiger partial charge in [-0.15, -0.1) is 0 Å². The molecule has 0 atom stereocenters. The first-order valence-electron chi connectivity index (χ1n) is 12.1. The Hall–Kier alpha value is -5.10. The Balaban J connectivity index is 1.42. The number of rotatable bonds is 4. The summed E-state index contributed by atoms with van der Waals surface area (Å²) in [5, 5.41) is 4.88. The highest BCUT2D eigenvalue weighted by molar-refractivity contribution is 6.22. The molecule has 0 amide bonds. The van der Waals surface area contributed by atoms with E-state index in [-0.39, 0.29) is 11.9 Å². The van der Waals surface area contributed by atoms with Gasteiger partial charge in [-0.05, 0) is 70.4 Å². The van der Waals surface area contributed by atoms with Gasteiger partial charge in [0.1, 0.15) is 23.0 Å². The quantitative estimate of drug-likeness (QED) is 0.209. The van der Waals surface area contributed by atoms with Crippen molar-refractivity contribution in [3.8, 4) is 23.0 Å². The lowest BCUT2D eigenvalue weighted by Gasteiger charge is -2.07. The highest BCUT2D eigenvalue weighted by atomic mass is 16.5. The van der Waals surface area contributed by atoms with E-state index in [1.165, 1.54) is 0 Å². The SMILES string of the molecule is COc1ccc(C2=c3ccc4cc5c6c(ccc5cc4c3OC2=O)=C(c2ccc(OC)cc2)C(=O)O6)cc1. The van der Waals surface area contributed by atoms with Crippen LogP contribution in [-0.4, -0.2) is 26.2 Å².